The molecule has 0 aliphatic rings. The minimum atomic E-state index is -0.196. The monoisotopic (exact) mass is 357 g/mol. The van der Waals surface area contributed by atoms with Gasteiger partial charge >= 0.3 is 0 Å². The van der Waals surface area contributed by atoms with Gasteiger partial charge in [-0.2, -0.15) is 5.26 Å². The van der Waals surface area contributed by atoms with Gasteiger partial charge < -0.3 is 9.13 Å². The van der Waals surface area contributed by atoms with E-state index in [0.717, 1.165) is 16.4 Å². The average Bonchev–Trinajstić information content (AvgIpc) is 3.24. The molecule has 0 bridgehead atoms. The lowest BCUT2D eigenvalue weighted by atomic mass is 10.2. The second-order valence-electron chi connectivity index (χ2n) is 6.28. The molecular weight excluding hydrogens is 338 g/mol. The highest BCUT2D eigenvalue weighted by Crippen LogP contribution is 2.23. The number of anilines is 1. The molecule has 4 aromatic rings. The highest BCUT2D eigenvalue weighted by atomic mass is 16.2. The first-order valence-corrected chi connectivity index (χ1v) is 8.96. The van der Waals surface area contributed by atoms with E-state index < -0.39 is 0 Å². The summed E-state index contributed by atoms with van der Waals surface area (Å²) < 4.78 is 3.94. The van der Waals surface area contributed by atoms with E-state index >= 15 is 0 Å². The van der Waals surface area contributed by atoms with Gasteiger partial charge in [0.05, 0.1) is 22.7 Å². The van der Waals surface area contributed by atoms with Crippen molar-refractivity contribution >= 4 is 33.8 Å². The Morgan fingerprint density at radius 2 is 1.85 bits per heavy atom. The van der Waals surface area contributed by atoms with Gasteiger partial charge in [0.2, 0.25) is 5.95 Å². The topological polar surface area (TPSA) is 75.6 Å². The summed E-state index contributed by atoms with van der Waals surface area (Å²) >= 11 is 0. The Balaban J connectivity index is 1.76. The predicted molar refractivity (Wildman–Crippen MR) is 106 cm³/mol. The number of aromatic nitrogens is 3. The average molecular weight is 357 g/mol. The third kappa shape index (κ3) is 2.74. The van der Waals surface area contributed by atoms with Crippen LogP contribution in [0.3, 0.4) is 0 Å². The van der Waals surface area contributed by atoms with Crippen LogP contribution in [0.1, 0.15) is 29.9 Å². The number of nitriles is 1. The Kier molecular flexibility index (Phi) is 4.13. The van der Waals surface area contributed by atoms with Crippen molar-refractivity contribution < 1.29 is 4.79 Å². The Morgan fingerprint density at radius 1 is 1.07 bits per heavy atom. The summed E-state index contributed by atoms with van der Waals surface area (Å²) in [5.74, 6) is 0.291. The molecule has 0 atom stereocenters. The number of para-hydroxylation sites is 1. The van der Waals surface area contributed by atoms with Crippen LogP contribution < -0.4 is 5.32 Å². The first-order valence-electron chi connectivity index (χ1n) is 8.96. The van der Waals surface area contributed by atoms with Crippen LogP contribution in [0.5, 0.6) is 0 Å². The number of amides is 1. The van der Waals surface area contributed by atoms with Crippen LogP contribution >= 0.6 is 0 Å². The normalized spacial score (nSPS) is 11.0. The fraction of sp³-hybridized carbons (Fsp3) is 0.190. The van der Waals surface area contributed by atoms with Crippen LogP contribution in [0, 0.1) is 11.3 Å². The Morgan fingerprint density at radius 3 is 2.59 bits per heavy atom. The van der Waals surface area contributed by atoms with E-state index in [1.165, 1.54) is 0 Å². The summed E-state index contributed by atoms with van der Waals surface area (Å²) in [7, 11) is 0. The van der Waals surface area contributed by atoms with Gasteiger partial charge in [-0.15, -0.1) is 0 Å². The van der Waals surface area contributed by atoms with Gasteiger partial charge in [0.15, 0.2) is 0 Å². The van der Waals surface area contributed by atoms with Crippen LogP contribution in [-0.4, -0.2) is 20.0 Å². The number of imidazole rings is 1. The van der Waals surface area contributed by atoms with Crippen LogP contribution in [0.2, 0.25) is 0 Å². The quantitative estimate of drug-likeness (QED) is 0.596. The van der Waals surface area contributed by atoms with E-state index in [1.54, 1.807) is 12.1 Å². The van der Waals surface area contributed by atoms with Crippen LogP contribution in [-0.2, 0) is 13.1 Å². The highest BCUT2D eigenvalue weighted by Gasteiger charge is 2.18. The van der Waals surface area contributed by atoms with Crippen molar-refractivity contribution in [1.29, 1.82) is 5.26 Å². The molecule has 0 saturated carbocycles. The van der Waals surface area contributed by atoms with Crippen LogP contribution in [0.4, 0.5) is 5.95 Å². The van der Waals surface area contributed by atoms with E-state index in [1.807, 2.05) is 59.4 Å². The lowest BCUT2D eigenvalue weighted by molar-refractivity contribution is 0.101. The highest BCUT2D eigenvalue weighted by molar-refractivity contribution is 6.06. The van der Waals surface area contributed by atoms with E-state index in [2.05, 4.69) is 16.4 Å². The van der Waals surface area contributed by atoms with Crippen LogP contribution in [0.25, 0.3) is 21.9 Å². The molecule has 0 radical (unpaired) electrons. The summed E-state index contributed by atoms with van der Waals surface area (Å²) in [6, 6.07) is 17.3. The van der Waals surface area contributed by atoms with Gasteiger partial charge in [-0.25, -0.2) is 4.98 Å². The summed E-state index contributed by atoms with van der Waals surface area (Å²) in [6.07, 6.45) is 0. The molecular formula is C21H19N5O. The molecule has 1 N–H and O–H groups in total. The van der Waals surface area contributed by atoms with Gasteiger partial charge in [-0.3, -0.25) is 10.1 Å². The smallest absolute Gasteiger partial charge is 0.274 e. The molecule has 0 saturated heterocycles. The minimum Gasteiger partial charge on any atom is -0.337 e. The zero-order valence-electron chi connectivity index (χ0n) is 15.2. The zero-order chi connectivity index (χ0) is 19.0. The second-order valence-corrected chi connectivity index (χ2v) is 6.28. The Hall–Kier alpha value is -3.59. The number of nitrogens with one attached hydrogen (secondary N) is 1. The van der Waals surface area contributed by atoms with E-state index in [0.29, 0.717) is 35.8 Å². The maximum Gasteiger partial charge on any atom is 0.274 e. The van der Waals surface area contributed by atoms with Crippen molar-refractivity contribution in [2.24, 2.45) is 0 Å². The molecule has 6 nitrogen and oxygen atoms in total. The Bertz CT molecular complexity index is 1210. The number of fused-ring (bicyclic) bond motifs is 2. The molecule has 0 spiro atoms. The van der Waals surface area contributed by atoms with Gasteiger partial charge in [0.1, 0.15) is 5.69 Å². The van der Waals surface area contributed by atoms with Crippen molar-refractivity contribution in [1.82, 2.24) is 14.1 Å². The largest absolute Gasteiger partial charge is 0.337 e. The molecule has 0 aliphatic carbocycles. The molecule has 6 heteroatoms. The summed E-state index contributed by atoms with van der Waals surface area (Å²) in [6.45, 7) is 5.38. The number of nitrogens with zero attached hydrogens (tertiary/aromatic N) is 4. The SMILES string of the molecule is CCn1c(C(=O)Nc2nc3cc(C#N)ccc3n2CC)cc2ccccc21. The van der Waals surface area contributed by atoms with E-state index in [9.17, 15) is 4.79 Å². The molecule has 0 fully saturated rings. The molecule has 134 valence electrons. The number of hydrogen-bond acceptors (Lipinski definition) is 3. The number of hydrogen-bond donors (Lipinski definition) is 1. The van der Waals surface area contributed by atoms with Crippen molar-refractivity contribution in [3.63, 3.8) is 0 Å². The van der Waals surface area contributed by atoms with E-state index in [4.69, 9.17) is 5.26 Å². The molecule has 27 heavy (non-hydrogen) atoms. The molecule has 2 aromatic heterocycles. The third-order valence-corrected chi connectivity index (χ3v) is 4.78. The van der Waals surface area contributed by atoms with Crippen molar-refractivity contribution in [2.75, 3.05) is 5.32 Å². The molecule has 0 aliphatic heterocycles. The van der Waals surface area contributed by atoms with Crippen LogP contribution in [0.15, 0.2) is 48.5 Å². The summed E-state index contributed by atoms with van der Waals surface area (Å²) in [5, 5.41) is 13.1. The fourth-order valence-electron chi connectivity index (χ4n) is 3.52. The van der Waals surface area contributed by atoms with Gasteiger partial charge in [-0.05, 0) is 44.2 Å². The third-order valence-electron chi connectivity index (χ3n) is 4.78. The van der Waals surface area contributed by atoms with Crippen molar-refractivity contribution in [3.8, 4) is 6.07 Å². The van der Waals surface area contributed by atoms with Gasteiger partial charge in [0, 0.05) is 24.0 Å². The van der Waals surface area contributed by atoms with Gasteiger partial charge in [-0.1, -0.05) is 18.2 Å². The molecule has 0 unspecified atom stereocenters. The number of aryl methyl sites for hydroxylation is 2. The molecule has 2 heterocycles. The summed E-state index contributed by atoms with van der Waals surface area (Å²) in [5.41, 5.74) is 3.77. The van der Waals surface area contributed by atoms with Crippen molar-refractivity contribution in [2.45, 2.75) is 26.9 Å². The fourth-order valence-corrected chi connectivity index (χ4v) is 3.52. The lowest BCUT2D eigenvalue weighted by Crippen LogP contribution is -2.19. The first-order chi connectivity index (χ1) is 13.2. The second kappa shape index (κ2) is 6.61. The predicted octanol–water partition coefficient (Wildman–Crippen LogP) is 4.15. The zero-order valence-corrected chi connectivity index (χ0v) is 15.2. The number of carbonyl (C=O) groups is 1. The number of rotatable bonds is 4. The maximum atomic E-state index is 13.0. The molecule has 1 amide bonds. The maximum absolute atomic E-state index is 13.0. The minimum absolute atomic E-state index is 0.196. The summed E-state index contributed by atoms with van der Waals surface area (Å²) in [4.78, 5) is 17.5. The number of benzene rings is 2. The number of carbonyl (C=O) groups excluding carboxylic acids is 1. The standard InChI is InChI=1S/C21H19N5O/c1-3-25-17-8-6-5-7-15(17)12-19(25)20(27)24-21-23-16-11-14(13-22)9-10-18(16)26(21)4-2/h5-12H,3-4H2,1-2H3,(H,23,24,27). The Labute approximate surface area is 156 Å². The lowest BCUT2D eigenvalue weighted by Gasteiger charge is -2.10. The van der Waals surface area contributed by atoms with Gasteiger partial charge in [0.25, 0.3) is 5.91 Å². The van der Waals surface area contributed by atoms with Crippen molar-refractivity contribution in [3.05, 3.63) is 59.8 Å². The molecule has 2 aromatic carbocycles. The molecule has 4 rings (SSSR count). The van der Waals surface area contributed by atoms with E-state index in [-0.39, 0.29) is 5.91 Å². The first kappa shape index (κ1) is 16.9.